The van der Waals surface area contributed by atoms with Crippen molar-refractivity contribution in [2.24, 2.45) is 5.73 Å². The molecule has 0 bridgehead atoms. The molecule has 3 aromatic heterocycles. The van der Waals surface area contributed by atoms with Crippen LogP contribution in [0.5, 0.6) is 0 Å². The Bertz CT molecular complexity index is 829. The molecule has 3 heterocycles. The molecule has 3 rings (SSSR count). The van der Waals surface area contributed by atoms with E-state index in [1.165, 1.54) is 0 Å². The highest BCUT2D eigenvalue weighted by Gasteiger charge is 2.17. The quantitative estimate of drug-likeness (QED) is 0.508. The fourth-order valence-corrected chi connectivity index (χ4v) is 3.96. The van der Waals surface area contributed by atoms with Crippen molar-refractivity contribution in [3.8, 4) is 0 Å². The molecule has 1 unspecified atom stereocenters. The minimum absolute atomic E-state index is 0. The second kappa shape index (κ2) is 10.3. The lowest BCUT2D eigenvalue weighted by Gasteiger charge is -2.07. The van der Waals surface area contributed by atoms with Crippen LogP contribution in [0.1, 0.15) is 22.6 Å². The molecule has 0 saturated heterocycles. The third-order valence-electron chi connectivity index (χ3n) is 3.77. The van der Waals surface area contributed by atoms with E-state index in [-0.39, 0.29) is 36.1 Å². The van der Waals surface area contributed by atoms with Gasteiger partial charge in [0, 0.05) is 10.9 Å². The molecular formula is C16H20Cl3FN4OS. The standard InChI is InChI=1S/C16H18ClFN4OS.2ClH/c1-9-12(7-10(19)4-5-18)24-14-13(9)21-16(17)22-15(14)20-8-11-3-2-6-23-11;;/h2-3,6,10H,4-5,7-8,19H2,1H3,(H,20,21,22);2*1H. The second-order valence-electron chi connectivity index (χ2n) is 5.54. The number of alkyl halides is 1. The predicted molar refractivity (Wildman–Crippen MR) is 110 cm³/mol. The molecule has 0 aromatic carbocycles. The van der Waals surface area contributed by atoms with Gasteiger partial charge in [-0.15, -0.1) is 36.2 Å². The summed E-state index contributed by atoms with van der Waals surface area (Å²) in [5.41, 5.74) is 7.81. The summed E-state index contributed by atoms with van der Waals surface area (Å²) >= 11 is 7.64. The molecule has 3 N–H and O–H groups in total. The maximum atomic E-state index is 12.5. The van der Waals surface area contributed by atoms with Gasteiger partial charge in [-0.3, -0.25) is 4.39 Å². The summed E-state index contributed by atoms with van der Waals surface area (Å²) in [5, 5.41) is 3.42. The Hall–Kier alpha value is -1.12. The van der Waals surface area contributed by atoms with Gasteiger partial charge in [0.05, 0.1) is 29.7 Å². The third-order valence-corrected chi connectivity index (χ3v) is 5.25. The second-order valence-corrected chi connectivity index (χ2v) is 6.99. The molecule has 144 valence electrons. The van der Waals surface area contributed by atoms with E-state index in [2.05, 4.69) is 15.3 Å². The summed E-state index contributed by atoms with van der Waals surface area (Å²) in [5.74, 6) is 1.47. The molecule has 0 aliphatic heterocycles. The van der Waals surface area contributed by atoms with Crippen LogP contribution in [0.15, 0.2) is 22.8 Å². The van der Waals surface area contributed by atoms with Crippen LogP contribution in [-0.4, -0.2) is 22.7 Å². The molecule has 0 saturated carbocycles. The first-order chi connectivity index (χ1) is 11.6. The van der Waals surface area contributed by atoms with Gasteiger partial charge in [-0.05, 0) is 49.1 Å². The van der Waals surface area contributed by atoms with Gasteiger partial charge in [-0.2, -0.15) is 4.98 Å². The van der Waals surface area contributed by atoms with E-state index < -0.39 is 6.67 Å². The van der Waals surface area contributed by atoms with Gasteiger partial charge in [0.15, 0.2) is 0 Å². The van der Waals surface area contributed by atoms with E-state index >= 15 is 0 Å². The number of aryl methyl sites for hydroxylation is 1. The Morgan fingerprint density at radius 3 is 2.81 bits per heavy atom. The van der Waals surface area contributed by atoms with E-state index in [4.69, 9.17) is 21.8 Å². The summed E-state index contributed by atoms with van der Waals surface area (Å²) in [6.45, 7) is 2.08. The van der Waals surface area contributed by atoms with Gasteiger partial charge in [0.1, 0.15) is 11.6 Å². The molecule has 0 amide bonds. The van der Waals surface area contributed by atoms with Crippen LogP contribution in [0.3, 0.4) is 0 Å². The molecule has 10 heteroatoms. The van der Waals surface area contributed by atoms with Crippen molar-refractivity contribution in [3.05, 3.63) is 39.9 Å². The molecule has 5 nitrogen and oxygen atoms in total. The normalized spacial score (nSPS) is 11.7. The number of nitrogens with two attached hydrogens (primary N) is 1. The number of rotatable bonds is 7. The van der Waals surface area contributed by atoms with Gasteiger partial charge in [-0.25, -0.2) is 4.98 Å². The van der Waals surface area contributed by atoms with Crippen molar-refractivity contribution in [1.82, 2.24) is 9.97 Å². The number of anilines is 1. The molecule has 0 spiro atoms. The number of nitrogens with one attached hydrogen (secondary N) is 1. The van der Waals surface area contributed by atoms with E-state index in [0.717, 1.165) is 26.4 Å². The minimum Gasteiger partial charge on any atom is -0.467 e. The Balaban J connectivity index is 0.00000169. The number of furan rings is 1. The van der Waals surface area contributed by atoms with Gasteiger partial charge in [0.25, 0.3) is 0 Å². The van der Waals surface area contributed by atoms with Gasteiger partial charge in [-0.1, -0.05) is 0 Å². The number of hydrogen-bond donors (Lipinski definition) is 2. The number of hydrogen-bond acceptors (Lipinski definition) is 6. The van der Waals surface area contributed by atoms with Crippen molar-refractivity contribution in [1.29, 1.82) is 0 Å². The lowest BCUT2D eigenvalue weighted by atomic mass is 10.1. The highest BCUT2D eigenvalue weighted by molar-refractivity contribution is 7.19. The Labute approximate surface area is 172 Å². The summed E-state index contributed by atoms with van der Waals surface area (Å²) in [6, 6.07) is 3.51. The maximum absolute atomic E-state index is 12.5. The fourth-order valence-electron chi connectivity index (χ4n) is 2.48. The first kappa shape index (κ1) is 22.9. The van der Waals surface area contributed by atoms with Gasteiger partial charge in [0.2, 0.25) is 5.28 Å². The largest absolute Gasteiger partial charge is 0.467 e. The number of fused-ring (bicyclic) bond motifs is 1. The average molecular weight is 442 g/mol. The molecule has 1 atom stereocenters. The average Bonchev–Trinajstić information content (AvgIpc) is 3.15. The Morgan fingerprint density at radius 2 is 2.15 bits per heavy atom. The van der Waals surface area contributed by atoms with Crippen molar-refractivity contribution in [2.45, 2.75) is 32.4 Å². The van der Waals surface area contributed by atoms with Crippen LogP contribution >= 0.6 is 47.8 Å². The van der Waals surface area contributed by atoms with E-state index in [9.17, 15) is 4.39 Å². The molecule has 0 aliphatic carbocycles. The zero-order valence-electron chi connectivity index (χ0n) is 14.0. The highest BCUT2D eigenvalue weighted by atomic mass is 35.5. The number of thiophene rings is 1. The number of halogens is 4. The van der Waals surface area contributed by atoms with Gasteiger partial charge < -0.3 is 15.5 Å². The third kappa shape index (κ3) is 5.20. The molecule has 0 fully saturated rings. The van der Waals surface area contributed by atoms with Crippen molar-refractivity contribution >= 4 is 63.8 Å². The maximum Gasteiger partial charge on any atom is 0.224 e. The monoisotopic (exact) mass is 440 g/mol. The molecule has 0 radical (unpaired) electrons. The summed E-state index contributed by atoms with van der Waals surface area (Å²) < 4.78 is 18.7. The first-order valence-corrected chi connectivity index (χ1v) is 8.81. The lowest BCUT2D eigenvalue weighted by molar-refractivity contribution is 0.436. The number of nitrogens with zero attached hydrogens (tertiary/aromatic N) is 2. The van der Waals surface area contributed by atoms with E-state index in [0.29, 0.717) is 25.2 Å². The van der Waals surface area contributed by atoms with Crippen LogP contribution in [0.2, 0.25) is 5.28 Å². The molecule has 0 aliphatic rings. The highest BCUT2D eigenvalue weighted by Crippen LogP contribution is 2.35. The first-order valence-electron chi connectivity index (χ1n) is 7.61. The van der Waals surface area contributed by atoms with Crippen molar-refractivity contribution in [3.63, 3.8) is 0 Å². The smallest absolute Gasteiger partial charge is 0.224 e. The van der Waals surface area contributed by atoms with E-state index in [1.54, 1.807) is 17.6 Å². The lowest BCUT2D eigenvalue weighted by Crippen LogP contribution is -2.23. The number of aromatic nitrogens is 2. The Morgan fingerprint density at radius 1 is 1.38 bits per heavy atom. The van der Waals surface area contributed by atoms with Gasteiger partial charge >= 0.3 is 0 Å². The van der Waals surface area contributed by atoms with Crippen LogP contribution in [-0.2, 0) is 13.0 Å². The summed E-state index contributed by atoms with van der Waals surface area (Å²) in [6.07, 6.45) is 2.59. The fraction of sp³-hybridized carbons (Fsp3) is 0.375. The Kier molecular flexibility index (Phi) is 9.06. The van der Waals surface area contributed by atoms with Crippen LogP contribution in [0.4, 0.5) is 10.2 Å². The van der Waals surface area contributed by atoms with Crippen LogP contribution in [0, 0.1) is 6.92 Å². The summed E-state index contributed by atoms with van der Waals surface area (Å²) in [4.78, 5) is 9.72. The zero-order valence-corrected chi connectivity index (χ0v) is 17.2. The molecule has 26 heavy (non-hydrogen) atoms. The molecular weight excluding hydrogens is 422 g/mol. The van der Waals surface area contributed by atoms with Crippen molar-refractivity contribution < 1.29 is 8.81 Å². The molecule has 3 aromatic rings. The summed E-state index contributed by atoms with van der Waals surface area (Å²) in [7, 11) is 0. The predicted octanol–water partition coefficient (Wildman–Crippen LogP) is 4.93. The zero-order chi connectivity index (χ0) is 17.1. The van der Waals surface area contributed by atoms with Crippen LogP contribution < -0.4 is 11.1 Å². The van der Waals surface area contributed by atoms with E-state index in [1.807, 2.05) is 19.1 Å². The minimum atomic E-state index is -0.410. The topological polar surface area (TPSA) is 77.0 Å². The SMILES string of the molecule is Cc1c(CC(N)CCF)sc2c(NCc3ccco3)nc(Cl)nc12.Cl.Cl. The van der Waals surface area contributed by atoms with Crippen molar-refractivity contribution in [2.75, 3.05) is 12.0 Å². The van der Waals surface area contributed by atoms with Crippen LogP contribution in [0.25, 0.3) is 10.2 Å².